The monoisotopic (exact) mass is 577 g/mol. The molecular formula is C41H27N3O. The van der Waals surface area contributed by atoms with Crippen LogP contribution in [0.25, 0.3) is 44.5 Å². The number of hydrogen-bond acceptors (Lipinski definition) is 4. The van der Waals surface area contributed by atoms with E-state index in [4.69, 9.17) is 4.74 Å². The molecule has 0 N–H and O–H groups in total. The van der Waals surface area contributed by atoms with Gasteiger partial charge in [0.15, 0.2) is 0 Å². The zero-order chi connectivity index (χ0) is 30.8. The average molecular weight is 578 g/mol. The third kappa shape index (κ3) is 5.01. The second kappa shape index (κ2) is 11.7. The molecule has 0 spiro atoms. The molecule has 0 fully saturated rings. The van der Waals surface area contributed by atoms with E-state index in [9.17, 15) is 10.5 Å². The van der Waals surface area contributed by atoms with Crippen LogP contribution in [0.1, 0.15) is 22.3 Å². The van der Waals surface area contributed by atoms with E-state index in [0.717, 1.165) is 55.5 Å². The molecule has 0 saturated heterocycles. The van der Waals surface area contributed by atoms with E-state index in [1.165, 1.54) is 10.8 Å². The van der Waals surface area contributed by atoms with Gasteiger partial charge in [0.2, 0.25) is 0 Å². The Hall–Kier alpha value is -6.36. The fourth-order valence-corrected chi connectivity index (χ4v) is 6.03. The predicted molar refractivity (Wildman–Crippen MR) is 185 cm³/mol. The predicted octanol–water partition coefficient (Wildman–Crippen LogP) is 10.5. The number of benzene rings is 7. The van der Waals surface area contributed by atoms with Crippen LogP contribution in [0.2, 0.25) is 0 Å². The second-order valence-electron chi connectivity index (χ2n) is 10.8. The number of methoxy groups -OCH3 is 1. The van der Waals surface area contributed by atoms with Crippen molar-refractivity contribution in [2.45, 2.75) is 0 Å². The number of anilines is 3. The molecule has 7 aromatic carbocycles. The molecule has 0 amide bonds. The highest BCUT2D eigenvalue weighted by molar-refractivity contribution is 6.10. The van der Waals surface area contributed by atoms with Gasteiger partial charge in [-0.1, -0.05) is 97.1 Å². The summed E-state index contributed by atoms with van der Waals surface area (Å²) in [5.41, 5.74) is 6.35. The summed E-state index contributed by atoms with van der Waals surface area (Å²) in [7, 11) is 1.68. The first kappa shape index (κ1) is 27.5. The Bertz CT molecular complexity index is 2320. The molecule has 7 rings (SSSR count). The Labute approximate surface area is 261 Å². The van der Waals surface area contributed by atoms with E-state index in [-0.39, 0.29) is 0 Å². The lowest BCUT2D eigenvalue weighted by molar-refractivity contribution is 0.415. The van der Waals surface area contributed by atoms with Crippen molar-refractivity contribution < 1.29 is 4.74 Å². The molecule has 7 aromatic rings. The Morgan fingerprint density at radius 3 is 1.73 bits per heavy atom. The topological polar surface area (TPSA) is 60.0 Å². The van der Waals surface area contributed by atoms with Gasteiger partial charge in [-0.05, 0) is 65.0 Å². The summed E-state index contributed by atoms with van der Waals surface area (Å²) >= 11 is 0. The normalized spacial score (nSPS) is 11.1. The Kier molecular flexibility index (Phi) is 7.16. The maximum atomic E-state index is 10.1. The van der Waals surface area contributed by atoms with Crippen molar-refractivity contribution in [3.8, 4) is 17.9 Å². The molecule has 0 saturated carbocycles. The van der Waals surface area contributed by atoms with Crippen LogP contribution < -0.4 is 9.64 Å². The van der Waals surface area contributed by atoms with E-state index in [2.05, 4.69) is 102 Å². The zero-order valence-corrected chi connectivity index (χ0v) is 24.6. The van der Waals surface area contributed by atoms with E-state index in [1.54, 1.807) is 7.11 Å². The van der Waals surface area contributed by atoms with Crippen LogP contribution in [-0.4, -0.2) is 7.11 Å². The first-order valence-electron chi connectivity index (χ1n) is 14.7. The van der Waals surface area contributed by atoms with Gasteiger partial charge < -0.3 is 9.64 Å². The molecule has 0 aliphatic heterocycles. The van der Waals surface area contributed by atoms with Crippen molar-refractivity contribution in [3.63, 3.8) is 0 Å². The molecule has 0 unspecified atom stereocenters. The lowest BCUT2D eigenvalue weighted by atomic mass is 9.91. The quantitative estimate of drug-likeness (QED) is 0.146. The summed E-state index contributed by atoms with van der Waals surface area (Å²) in [4.78, 5) is 2.26. The zero-order valence-electron chi connectivity index (χ0n) is 24.6. The molecular weight excluding hydrogens is 550 g/mol. The van der Waals surface area contributed by atoms with Crippen LogP contribution in [0.3, 0.4) is 0 Å². The van der Waals surface area contributed by atoms with Gasteiger partial charge in [0.05, 0.1) is 23.9 Å². The minimum absolute atomic E-state index is 0.589. The average Bonchev–Trinajstić information content (AvgIpc) is 3.10. The summed E-state index contributed by atoms with van der Waals surface area (Å²) < 4.78 is 5.42. The van der Waals surface area contributed by atoms with E-state index >= 15 is 0 Å². The van der Waals surface area contributed by atoms with Crippen molar-refractivity contribution in [2.75, 3.05) is 12.0 Å². The molecule has 0 radical (unpaired) electrons. The van der Waals surface area contributed by atoms with Crippen LogP contribution in [0.15, 0.2) is 133 Å². The molecule has 0 aromatic heterocycles. The lowest BCUT2D eigenvalue weighted by Crippen LogP contribution is -2.10. The van der Waals surface area contributed by atoms with Gasteiger partial charge >= 0.3 is 0 Å². The largest absolute Gasteiger partial charge is 0.497 e. The van der Waals surface area contributed by atoms with Crippen LogP contribution in [-0.2, 0) is 0 Å². The van der Waals surface area contributed by atoms with Gasteiger partial charge in [-0.25, -0.2) is 0 Å². The molecule has 4 nitrogen and oxygen atoms in total. The van der Waals surface area contributed by atoms with Gasteiger partial charge in [-0.15, -0.1) is 0 Å². The van der Waals surface area contributed by atoms with Crippen molar-refractivity contribution >= 4 is 61.5 Å². The molecule has 0 atom stereocenters. The van der Waals surface area contributed by atoms with Crippen molar-refractivity contribution in [3.05, 3.63) is 156 Å². The fraction of sp³-hybridized carbons (Fsp3) is 0.0244. The summed E-state index contributed by atoms with van der Waals surface area (Å²) in [5.74, 6) is 0.810. The Morgan fingerprint density at radius 1 is 0.533 bits per heavy atom. The standard InChI is InChI=1S/C41H27N3O/c1-45-33-22-20-32(21-23-33)44(41-12-6-8-30-7-2-3-9-34(30)41)31-18-15-28(16-19-31)13-14-29-17-24-37-38(25-29)40(27-43)36-11-5-4-10-35(36)39(37)26-42/h2-25H,1H3. The van der Waals surface area contributed by atoms with Crippen LogP contribution in [0.4, 0.5) is 17.1 Å². The third-order valence-corrected chi connectivity index (χ3v) is 8.23. The lowest BCUT2D eigenvalue weighted by Gasteiger charge is -2.27. The SMILES string of the molecule is COc1ccc(N(c2ccc(C=Cc3ccc4c(C#N)c5ccccc5c(C#N)c4c3)cc2)c2cccc3ccccc23)cc1. The number of nitrogens with zero attached hydrogens (tertiary/aromatic N) is 3. The summed E-state index contributed by atoms with van der Waals surface area (Å²) in [6, 6.07) is 49.7. The second-order valence-corrected chi connectivity index (χ2v) is 10.8. The summed E-state index contributed by atoms with van der Waals surface area (Å²) in [6.45, 7) is 0. The van der Waals surface area contributed by atoms with E-state index in [0.29, 0.717) is 11.1 Å². The first-order valence-corrected chi connectivity index (χ1v) is 14.7. The Balaban J connectivity index is 1.26. The van der Waals surface area contributed by atoms with Gasteiger partial charge in [-0.2, -0.15) is 10.5 Å². The molecule has 0 heterocycles. The first-order chi connectivity index (χ1) is 22.2. The highest BCUT2D eigenvalue weighted by Gasteiger charge is 2.16. The maximum Gasteiger partial charge on any atom is 0.119 e. The van der Waals surface area contributed by atoms with E-state index < -0.39 is 0 Å². The van der Waals surface area contributed by atoms with E-state index in [1.807, 2.05) is 60.7 Å². The molecule has 0 aliphatic rings. The number of rotatable bonds is 6. The highest BCUT2D eigenvalue weighted by atomic mass is 16.5. The molecule has 0 bridgehead atoms. The molecule has 45 heavy (non-hydrogen) atoms. The van der Waals surface area contributed by atoms with Gasteiger partial charge in [0.1, 0.15) is 17.9 Å². The van der Waals surface area contributed by atoms with Crippen LogP contribution in [0.5, 0.6) is 5.75 Å². The van der Waals surface area contributed by atoms with Gasteiger partial charge in [0, 0.05) is 38.3 Å². The van der Waals surface area contributed by atoms with Crippen molar-refractivity contribution in [1.29, 1.82) is 10.5 Å². The van der Waals surface area contributed by atoms with Crippen LogP contribution >= 0.6 is 0 Å². The minimum atomic E-state index is 0.589. The number of hydrogen-bond donors (Lipinski definition) is 0. The van der Waals surface area contributed by atoms with Crippen molar-refractivity contribution in [1.82, 2.24) is 0 Å². The smallest absolute Gasteiger partial charge is 0.119 e. The third-order valence-electron chi connectivity index (χ3n) is 8.23. The molecule has 0 aliphatic carbocycles. The van der Waals surface area contributed by atoms with Gasteiger partial charge in [-0.3, -0.25) is 0 Å². The Morgan fingerprint density at radius 2 is 1.07 bits per heavy atom. The maximum absolute atomic E-state index is 10.1. The minimum Gasteiger partial charge on any atom is -0.497 e. The fourth-order valence-electron chi connectivity index (χ4n) is 6.03. The molecule has 4 heteroatoms. The van der Waals surface area contributed by atoms with Crippen LogP contribution in [0, 0.1) is 22.7 Å². The number of ether oxygens (including phenoxy) is 1. The number of fused-ring (bicyclic) bond motifs is 3. The summed E-state index contributed by atoms with van der Waals surface area (Å²) in [6.07, 6.45) is 4.11. The highest BCUT2D eigenvalue weighted by Crippen LogP contribution is 2.39. The number of nitriles is 2. The van der Waals surface area contributed by atoms with Gasteiger partial charge in [0.25, 0.3) is 0 Å². The summed E-state index contributed by atoms with van der Waals surface area (Å²) in [5, 5.41) is 25.5. The van der Waals surface area contributed by atoms with Crippen molar-refractivity contribution in [2.24, 2.45) is 0 Å². The molecule has 212 valence electrons.